The highest BCUT2D eigenvalue weighted by atomic mass is 16.3. The maximum Gasteiger partial charge on any atom is 0.333 e. The first-order valence-electron chi connectivity index (χ1n) is 16.6. The zero-order valence-corrected chi connectivity index (χ0v) is 24.6. The third-order valence-electron chi connectivity index (χ3n) is 10.6. The van der Waals surface area contributed by atoms with Crippen molar-refractivity contribution < 1.29 is 5.11 Å². The fraction of sp³-hybridized carbons (Fsp3) is 0.906. The highest BCUT2D eigenvalue weighted by Gasteiger charge is 2.34. The molecule has 0 spiro atoms. The van der Waals surface area contributed by atoms with E-state index in [1.165, 1.54) is 128 Å². The van der Waals surface area contributed by atoms with E-state index >= 15 is 0 Å². The van der Waals surface area contributed by atoms with Crippen LogP contribution < -0.4 is 5.69 Å². The fourth-order valence-corrected chi connectivity index (χ4v) is 8.47. The van der Waals surface area contributed by atoms with Crippen LogP contribution in [0.2, 0.25) is 0 Å². The van der Waals surface area contributed by atoms with Crippen molar-refractivity contribution in [1.29, 1.82) is 0 Å². The van der Waals surface area contributed by atoms with E-state index in [1.807, 2.05) is 4.57 Å². The molecule has 38 heavy (non-hydrogen) atoms. The predicted molar refractivity (Wildman–Crippen MR) is 156 cm³/mol. The van der Waals surface area contributed by atoms with Crippen LogP contribution in [0.25, 0.3) is 0 Å². The number of aromatic hydroxyl groups is 1. The lowest BCUT2D eigenvalue weighted by Gasteiger charge is -2.42. The molecule has 5 rings (SSSR count). The normalized spacial score (nSPS) is 23.7. The minimum atomic E-state index is 0.0134. The van der Waals surface area contributed by atoms with Gasteiger partial charge in [0.05, 0.1) is 19.0 Å². The van der Waals surface area contributed by atoms with Crippen molar-refractivity contribution in [2.45, 2.75) is 186 Å². The first-order chi connectivity index (χ1) is 18.5. The summed E-state index contributed by atoms with van der Waals surface area (Å²) < 4.78 is 3.75. The van der Waals surface area contributed by atoms with Gasteiger partial charge < -0.3 is 5.11 Å². The van der Waals surface area contributed by atoms with Gasteiger partial charge in [0.25, 0.3) is 0 Å². The summed E-state index contributed by atoms with van der Waals surface area (Å²) in [4.78, 5) is 19.6. The SMILES string of the molecule is CC(C)c1c(O)n(CN(C2CCCCC2)C2CCCCC2)c(=O)n1CN(C1CCCCC1)C1CCCCC1. The Hall–Kier alpha value is -1.27. The number of aromatic nitrogens is 2. The Bertz CT molecular complexity index is 877. The van der Waals surface area contributed by atoms with Gasteiger partial charge in [0.1, 0.15) is 0 Å². The maximum absolute atomic E-state index is 14.2. The van der Waals surface area contributed by atoms with Crippen molar-refractivity contribution in [2.24, 2.45) is 0 Å². The molecule has 216 valence electrons. The van der Waals surface area contributed by atoms with Crippen molar-refractivity contribution in [3.8, 4) is 5.88 Å². The average Bonchev–Trinajstić information content (AvgIpc) is 3.20. The van der Waals surface area contributed by atoms with Crippen molar-refractivity contribution in [3.63, 3.8) is 0 Å². The van der Waals surface area contributed by atoms with Crippen LogP contribution in [0.15, 0.2) is 4.79 Å². The molecule has 0 saturated heterocycles. The van der Waals surface area contributed by atoms with E-state index in [-0.39, 0.29) is 17.5 Å². The summed E-state index contributed by atoms with van der Waals surface area (Å²) in [6, 6.07) is 2.24. The first kappa shape index (κ1) is 28.3. The Labute approximate surface area is 231 Å². The van der Waals surface area contributed by atoms with Crippen LogP contribution in [0.4, 0.5) is 0 Å². The van der Waals surface area contributed by atoms with E-state index in [2.05, 4.69) is 23.6 Å². The number of rotatable bonds is 9. The molecule has 1 aromatic heterocycles. The number of hydrogen-bond donors (Lipinski definition) is 1. The molecule has 1 N–H and O–H groups in total. The van der Waals surface area contributed by atoms with Gasteiger partial charge in [0, 0.05) is 24.2 Å². The topological polar surface area (TPSA) is 53.6 Å². The van der Waals surface area contributed by atoms with Crippen molar-refractivity contribution in [2.75, 3.05) is 0 Å². The summed E-state index contributed by atoms with van der Waals surface area (Å²) in [7, 11) is 0. The highest BCUT2D eigenvalue weighted by Crippen LogP contribution is 2.34. The summed E-state index contributed by atoms with van der Waals surface area (Å²) >= 11 is 0. The third-order valence-corrected chi connectivity index (χ3v) is 10.6. The lowest BCUT2D eigenvalue weighted by molar-refractivity contribution is 0.0417. The van der Waals surface area contributed by atoms with Gasteiger partial charge >= 0.3 is 5.69 Å². The third kappa shape index (κ3) is 6.37. The molecule has 0 radical (unpaired) electrons. The monoisotopic (exact) mass is 528 g/mol. The number of imidazole rings is 1. The van der Waals surface area contributed by atoms with Crippen LogP contribution in [0.1, 0.15) is 154 Å². The number of hydrogen-bond acceptors (Lipinski definition) is 4. The molecule has 0 atom stereocenters. The van der Waals surface area contributed by atoms with Gasteiger partial charge in [-0.1, -0.05) is 90.9 Å². The Morgan fingerprint density at radius 2 is 0.921 bits per heavy atom. The molecule has 0 aromatic carbocycles. The van der Waals surface area contributed by atoms with Crippen LogP contribution in [0.5, 0.6) is 5.88 Å². The van der Waals surface area contributed by atoms with Gasteiger partial charge in [-0.3, -0.25) is 14.4 Å². The zero-order chi connectivity index (χ0) is 26.5. The van der Waals surface area contributed by atoms with Crippen molar-refractivity contribution >= 4 is 0 Å². The molecular weight excluding hydrogens is 472 g/mol. The van der Waals surface area contributed by atoms with Crippen LogP contribution in [0, 0.1) is 0 Å². The van der Waals surface area contributed by atoms with Crippen LogP contribution >= 0.6 is 0 Å². The standard InChI is InChI=1S/C32H56N4O2/c1-25(2)30-31(37)36(24-34(28-19-11-5-12-20-28)29-21-13-6-14-22-29)32(38)35(30)23-33(26-15-7-3-8-16-26)27-17-9-4-10-18-27/h25-29,37H,3-24H2,1-2H3. The van der Waals surface area contributed by atoms with Gasteiger partial charge in [0.2, 0.25) is 5.88 Å². The van der Waals surface area contributed by atoms with Crippen LogP contribution in [0.3, 0.4) is 0 Å². The molecule has 4 aliphatic carbocycles. The molecule has 0 bridgehead atoms. The molecule has 6 heteroatoms. The van der Waals surface area contributed by atoms with E-state index in [1.54, 1.807) is 4.57 Å². The lowest BCUT2D eigenvalue weighted by atomic mass is 9.89. The summed E-state index contributed by atoms with van der Waals surface area (Å²) in [6.07, 6.45) is 25.8. The molecular formula is C32H56N4O2. The Kier molecular flexibility index (Phi) is 9.96. The Morgan fingerprint density at radius 3 is 1.24 bits per heavy atom. The summed E-state index contributed by atoms with van der Waals surface area (Å²) in [5.41, 5.74) is 0.860. The molecule has 4 saturated carbocycles. The first-order valence-corrected chi connectivity index (χ1v) is 16.6. The van der Waals surface area contributed by atoms with E-state index in [0.717, 1.165) is 5.69 Å². The second kappa shape index (κ2) is 13.4. The molecule has 1 heterocycles. The second-order valence-corrected chi connectivity index (χ2v) is 13.5. The van der Waals surface area contributed by atoms with Gasteiger partial charge in [-0.2, -0.15) is 0 Å². The highest BCUT2D eigenvalue weighted by molar-refractivity contribution is 5.24. The minimum Gasteiger partial charge on any atom is -0.493 e. The molecule has 4 aliphatic rings. The van der Waals surface area contributed by atoms with Gasteiger partial charge in [-0.05, 0) is 57.3 Å². The van der Waals surface area contributed by atoms with Crippen molar-refractivity contribution in [1.82, 2.24) is 18.9 Å². The predicted octanol–water partition coefficient (Wildman–Crippen LogP) is 7.33. The Balaban J connectivity index is 1.46. The lowest BCUT2D eigenvalue weighted by Crippen LogP contribution is -2.49. The molecule has 0 aliphatic heterocycles. The van der Waals surface area contributed by atoms with Crippen LogP contribution in [-0.4, -0.2) is 48.2 Å². The number of nitrogens with zero attached hydrogens (tertiary/aromatic N) is 4. The second-order valence-electron chi connectivity index (χ2n) is 13.5. The van der Waals surface area contributed by atoms with Crippen molar-refractivity contribution in [3.05, 3.63) is 16.2 Å². The molecule has 1 aromatic rings. The molecule has 6 nitrogen and oxygen atoms in total. The summed E-state index contributed by atoms with van der Waals surface area (Å²) in [5, 5.41) is 11.6. The maximum atomic E-state index is 14.2. The molecule has 0 amide bonds. The van der Waals surface area contributed by atoms with E-state index in [0.29, 0.717) is 37.5 Å². The molecule has 4 fully saturated rings. The van der Waals surface area contributed by atoms with Gasteiger partial charge in [0.15, 0.2) is 0 Å². The zero-order valence-electron chi connectivity index (χ0n) is 24.6. The van der Waals surface area contributed by atoms with E-state index < -0.39 is 0 Å². The largest absolute Gasteiger partial charge is 0.493 e. The van der Waals surface area contributed by atoms with Crippen LogP contribution in [-0.2, 0) is 13.3 Å². The van der Waals surface area contributed by atoms with E-state index in [9.17, 15) is 9.90 Å². The quantitative estimate of drug-likeness (QED) is 0.365. The fourth-order valence-electron chi connectivity index (χ4n) is 8.47. The summed E-state index contributed by atoms with van der Waals surface area (Å²) in [5.74, 6) is 0.343. The molecule has 0 unspecified atom stereocenters. The van der Waals surface area contributed by atoms with Gasteiger partial charge in [-0.15, -0.1) is 0 Å². The Morgan fingerprint density at radius 1 is 0.605 bits per heavy atom. The van der Waals surface area contributed by atoms with E-state index in [4.69, 9.17) is 0 Å². The summed E-state index contributed by atoms with van der Waals surface area (Å²) in [6.45, 7) is 5.48. The average molecular weight is 529 g/mol. The van der Waals surface area contributed by atoms with Gasteiger partial charge in [-0.25, -0.2) is 9.36 Å². The smallest absolute Gasteiger partial charge is 0.333 e. The minimum absolute atomic E-state index is 0.0134.